The van der Waals surface area contributed by atoms with Gasteiger partial charge in [0.15, 0.2) is 0 Å². The van der Waals surface area contributed by atoms with Crippen LogP contribution >= 0.6 is 47.8 Å². The molecule has 0 aromatic heterocycles. The standard InChI is InChI=1S/C17H10Br3NO4/c18-9-5-12(19)11(13(20)6-9)7-25-14(22)4-8-2-1-3-10-15(8)17(24)21-16(10)23/h1-3,5-6H,4,7H2,(H,21,23,24). The van der Waals surface area contributed by atoms with Crippen molar-refractivity contribution in [1.82, 2.24) is 5.32 Å². The lowest BCUT2D eigenvalue weighted by Gasteiger charge is -2.10. The number of ether oxygens (including phenoxy) is 1. The molecule has 5 nitrogen and oxygen atoms in total. The highest BCUT2D eigenvalue weighted by Gasteiger charge is 2.29. The lowest BCUT2D eigenvalue weighted by atomic mass is 10.0. The molecule has 128 valence electrons. The van der Waals surface area contributed by atoms with Gasteiger partial charge in [0, 0.05) is 19.0 Å². The first-order valence-electron chi connectivity index (χ1n) is 7.13. The van der Waals surface area contributed by atoms with Crippen LogP contribution < -0.4 is 5.32 Å². The summed E-state index contributed by atoms with van der Waals surface area (Å²) in [4.78, 5) is 35.7. The average Bonchev–Trinajstić information content (AvgIpc) is 2.82. The molecule has 0 fully saturated rings. The normalized spacial score (nSPS) is 12.8. The van der Waals surface area contributed by atoms with Crippen molar-refractivity contribution in [3.63, 3.8) is 0 Å². The van der Waals surface area contributed by atoms with Gasteiger partial charge in [-0.1, -0.05) is 59.9 Å². The SMILES string of the molecule is O=C(Cc1cccc2c1C(=O)NC2=O)OCc1c(Br)cc(Br)cc1Br. The fourth-order valence-corrected chi connectivity index (χ4v) is 4.99. The van der Waals surface area contributed by atoms with Crippen LogP contribution in [0.1, 0.15) is 31.8 Å². The minimum Gasteiger partial charge on any atom is -0.460 e. The minimum atomic E-state index is -0.484. The van der Waals surface area contributed by atoms with Crippen molar-refractivity contribution in [2.45, 2.75) is 13.0 Å². The van der Waals surface area contributed by atoms with Crippen LogP contribution in [0.2, 0.25) is 0 Å². The van der Waals surface area contributed by atoms with Crippen molar-refractivity contribution >= 4 is 65.6 Å². The molecule has 0 saturated heterocycles. The summed E-state index contributed by atoms with van der Waals surface area (Å²) in [6.07, 6.45) is -0.0877. The zero-order valence-corrected chi connectivity index (χ0v) is 17.3. The van der Waals surface area contributed by atoms with E-state index in [1.165, 1.54) is 0 Å². The van der Waals surface area contributed by atoms with Gasteiger partial charge in [0.1, 0.15) is 6.61 Å². The predicted octanol–water partition coefficient (Wildman–Crippen LogP) is 4.14. The Hall–Kier alpha value is -1.51. The van der Waals surface area contributed by atoms with Crippen LogP contribution in [-0.4, -0.2) is 17.8 Å². The van der Waals surface area contributed by atoms with Gasteiger partial charge in [0.25, 0.3) is 11.8 Å². The van der Waals surface area contributed by atoms with E-state index in [0.717, 1.165) is 19.0 Å². The van der Waals surface area contributed by atoms with Crippen LogP contribution in [-0.2, 0) is 22.6 Å². The van der Waals surface area contributed by atoms with Crippen molar-refractivity contribution < 1.29 is 19.1 Å². The Kier molecular flexibility index (Phi) is 5.41. The summed E-state index contributed by atoms with van der Waals surface area (Å²) in [5.41, 5.74) is 1.80. The fourth-order valence-electron chi connectivity index (χ4n) is 2.51. The third kappa shape index (κ3) is 3.86. The molecule has 2 aromatic carbocycles. The second-order valence-electron chi connectivity index (χ2n) is 5.31. The highest BCUT2D eigenvalue weighted by atomic mass is 79.9. The van der Waals surface area contributed by atoms with Crippen LogP contribution in [0.3, 0.4) is 0 Å². The third-order valence-corrected chi connectivity index (χ3v) is 5.54. The molecular formula is C17H10Br3NO4. The Morgan fingerprint density at radius 3 is 2.40 bits per heavy atom. The second kappa shape index (κ2) is 7.39. The van der Waals surface area contributed by atoms with Gasteiger partial charge < -0.3 is 4.74 Å². The van der Waals surface area contributed by atoms with Crippen LogP contribution in [0.25, 0.3) is 0 Å². The number of fused-ring (bicyclic) bond motifs is 1. The maximum absolute atomic E-state index is 12.2. The van der Waals surface area contributed by atoms with E-state index in [0.29, 0.717) is 5.56 Å². The van der Waals surface area contributed by atoms with Gasteiger partial charge in [-0.25, -0.2) is 0 Å². The number of hydrogen-bond donors (Lipinski definition) is 1. The summed E-state index contributed by atoms with van der Waals surface area (Å²) in [5.74, 6) is -1.41. The van der Waals surface area contributed by atoms with Crippen LogP contribution in [0.15, 0.2) is 43.7 Å². The predicted molar refractivity (Wildman–Crippen MR) is 101 cm³/mol. The summed E-state index contributed by atoms with van der Waals surface area (Å²) >= 11 is 10.2. The van der Waals surface area contributed by atoms with E-state index >= 15 is 0 Å². The topological polar surface area (TPSA) is 72.5 Å². The molecule has 2 aromatic rings. The molecule has 0 saturated carbocycles. The number of rotatable bonds is 4. The quantitative estimate of drug-likeness (QED) is 0.475. The van der Waals surface area contributed by atoms with E-state index < -0.39 is 17.8 Å². The number of amides is 2. The third-order valence-electron chi connectivity index (χ3n) is 3.67. The van der Waals surface area contributed by atoms with Crippen molar-refractivity contribution in [1.29, 1.82) is 0 Å². The number of carbonyl (C=O) groups is 3. The maximum Gasteiger partial charge on any atom is 0.310 e. The molecule has 0 bridgehead atoms. The Balaban J connectivity index is 1.73. The number of benzene rings is 2. The van der Waals surface area contributed by atoms with Crippen molar-refractivity contribution in [2.75, 3.05) is 0 Å². The molecule has 0 atom stereocenters. The molecular weight excluding hydrogens is 522 g/mol. The van der Waals surface area contributed by atoms with E-state index in [-0.39, 0.29) is 24.2 Å². The number of halogens is 3. The van der Waals surface area contributed by atoms with Crippen molar-refractivity contribution in [3.05, 3.63) is 66.0 Å². The van der Waals surface area contributed by atoms with Gasteiger partial charge in [-0.3, -0.25) is 19.7 Å². The summed E-state index contributed by atoms with van der Waals surface area (Å²) in [6.45, 7) is 0.0768. The Labute approximate surface area is 168 Å². The fraction of sp³-hybridized carbons (Fsp3) is 0.118. The Morgan fingerprint density at radius 2 is 1.72 bits per heavy atom. The minimum absolute atomic E-state index is 0.0768. The van der Waals surface area contributed by atoms with E-state index in [9.17, 15) is 14.4 Å². The molecule has 0 aliphatic carbocycles. The summed E-state index contributed by atoms with van der Waals surface area (Å²) < 4.78 is 7.81. The highest BCUT2D eigenvalue weighted by Crippen LogP contribution is 2.30. The molecule has 2 amide bonds. The average molecular weight is 532 g/mol. The van der Waals surface area contributed by atoms with Crippen LogP contribution in [0.5, 0.6) is 0 Å². The maximum atomic E-state index is 12.2. The number of imide groups is 1. The van der Waals surface area contributed by atoms with Gasteiger partial charge in [-0.15, -0.1) is 0 Å². The number of esters is 1. The smallest absolute Gasteiger partial charge is 0.310 e. The molecule has 1 heterocycles. The second-order valence-corrected chi connectivity index (χ2v) is 7.93. The first-order valence-corrected chi connectivity index (χ1v) is 9.51. The van der Waals surface area contributed by atoms with E-state index in [2.05, 4.69) is 53.1 Å². The van der Waals surface area contributed by atoms with Gasteiger partial charge in [-0.2, -0.15) is 0 Å². The molecule has 8 heteroatoms. The molecule has 0 unspecified atom stereocenters. The first kappa shape index (κ1) is 18.3. The number of nitrogens with one attached hydrogen (secondary N) is 1. The monoisotopic (exact) mass is 529 g/mol. The zero-order chi connectivity index (χ0) is 18.1. The molecule has 1 aliphatic heterocycles. The van der Waals surface area contributed by atoms with Gasteiger partial charge in [0.05, 0.1) is 17.5 Å². The Morgan fingerprint density at radius 1 is 1.04 bits per heavy atom. The molecule has 0 radical (unpaired) electrons. The summed E-state index contributed by atoms with van der Waals surface area (Å²) in [6, 6.07) is 8.55. The summed E-state index contributed by atoms with van der Waals surface area (Å²) in [7, 11) is 0. The lowest BCUT2D eigenvalue weighted by Crippen LogP contribution is -2.20. The molecule has 1 aliphatic rings. The van der Waals surface area contributed by atoms with Crippen LogP contribution in [0.4, 0.5) is 0 Å². The number of carbonyl (C=O) groups excluding carboxylic acids is 3. The molecule has 25 heavy (non-hydrogen) atoms. The number of hydrogen-bond acceptors (Lipinski definition) is 4. The van der Waals surface area contributed by atoms with Crippen LogP contribution in [0, 0.1) is 0 Å². The highest BCUT2D eigenvalue weighted by molar-refractivity contribution is 9.11. The Bertz CT molecular complexity index is 888. The molecule has 0 spiro atoms. The van der Waals surface area contributed by atoms with E-state index in [1.807, 2.05) is 12.1 Å². The lowest BCUT2D eigenvalue weighted by molar-refractivity contribution is -0.144. The molecule has 3 rings (SSSR count). The van der Waals surface area contributed by atoms with Crippen molar-refractivity contribution in [2.24, 2.45) is 0 Å². The zero-order valence-electron chi connectivity index (χ0n) is 12.6. The van der Waals surface area contributed by atoms with Gasteiger partial charge >= 0.3 is 5.97 Å². The largest absolute Gasteiger partial charge is 0.460 e. The van der Waals surface area contributed by atoms with E-state index in [1.54, 1.807) is 18.2 Å². The summed E-state index contributed by atoms with van der Waals surface area (Å²) in [5, 5.41) is 2.23. The first-order chi connectivity index (χ1) is 11.9. The van der Waals surface area contributed by atoms with Crippen molar-refractivity contribution in [3.8, 4) is 0 Å². The van der Waals surface area contributed by atoms with Gasteiger partial charge in [-0.05, 0) is 23.8 Å². The molecule has 1 N–H and O–H groups in total. The van der Waals surface area contributed by atoms with Gasteiger partial charge in [0.2, 0.25) is 0 Å². The van der Waals surface area contributed by atoms with E-state index in [4.69, 9.17) is 4.74 Å².